The summed E-state index contributed by atoms with van der Waals surface area (Å²) in [5.74, 6) is -0.584. The van der Waals surface area contributed by atoms with Crippen LogP contribution in [0.25, 0.3) is 0 Å². The van der Waals surface area contributed by atoms with Crippen molar-refractivity contribution in [1.82, 2.24) is 28.2 Å². The highest BCUT2D eigenvalue weighted by Gasteiger charge is 2.56. The second-order valence-electron chi connectivity index (χ2n) is 9.32. The first-order valence-electron chi connectivity index (χ1n) is 11.5. The van der Waals surface area contributed by atoms with Crippen LogP contribution in [-0.4, -0.2) is 133 Å². The first-order valence-corrected chi connectivity index (χ1v) is 12.9. The average molecular weight is 471 g/mol. The quantitative estimate of drug-likeness (QED) is 0.499. The predicted molar refractivity (Wildman–Crippen MR) is 117 cm³/mol. The molecular formula is C20H34N6O5S. The maximum Gasteiger partial charge on any atom is 0.327 e. The van der Waals surface area contributed by atoms with E-state index in [2.05, 4.69) is 4.90 Å². The van der Waals surface area contributed by atoms with Crippen molar-refractivity contribution in [1.29, 1.82) is 0 Å². The highest BCUT2D eigenvalue weighted by molar-refractivity contribution is 7.86. The second kappa shape index (κ2) is 8.88. The van der Waals surface area contributed by atoms with E-state index in [-0.39, 0.29) is 44.5 Å². The molecule has 1 spiro atoms. The Morgan fingerprint density at radius 2 is 1.38 bits per heavy atom. The number of hydrogen-bond donors (Lipinski definition) is 0. The SMILES string of the molecule is CN1CCN(S(=O)(=O)N2CCN(C(=O)CN3C(=O)N(C)C4(CCCCC4)C3=O)CC2)CC1. The third-order valence-corrected chi connectivity index (χ3v) is 9.52. The Kier molecular flexibility index (Phi) is 6.49. The van der Waals surface area contributed by atoms with Gasteiger partial charge in [-0.3, -0.25) is 14.5 Å². The molecule has 0 atom stereocenters. The zero-order chi connectivity index (χ0) is 23.1. The molecule has 0 aromatic rings. The Morgan fingerprint density at radius 3 is 1.94 bits per heavy atom. The molecule has 1 aliphatic carbocycles. The van der Waals surface area contributed by atoms with Crippen molar-refractivity contribution < 1.29 is 22.8 Å². The Bertz CT molecular complexity index is 858. The van der Waals surface area contributed by atoms with E-state index in [9.17, 15) is 22.8 Å². The van der Waals surface area contributed by atoms with E-state index < -0.39 is 21.8 Å². The molecule has 0 bridgehead atoms. The summed E-state index contributed by atoms with van der Waals surface area (Å²) in [6, 6.07) is -0.415. The van der Waals surface area contributed by atoms with Crippen molar-refractivity contribution in [3.8, 4) is 0 Å². The molecule has 0 unspecified atom stereocenters. The highest BCUT2D eigenvalue weighted by Crippen LogP contribution is 2.39. The summed E-state index contributed by atoms with van der Waals surface area (Å²) < 4.78 is 28.8. The molecular weight excluding hydrogens is 436 g/mol. The van der Waals surface area contributed by atoms with E-state index in [1.807, 2.05) is 7.05 Å². The summed E-state index contributed by atoms with van der Waals surface area (Å²) in [5, 5.41) is 0. The molecule has 3 saturated heterocycles. The molecule has 3 aliphatic heterocycles. The zero-order valence-electron chi connectivity index (χ0n) is 19.0. The van der Waals surface area contributed by atoms with Crippen molar-refractivity contribution in [3.05, 3.63) is 0 Å². The lowest BCUT2D eigenvalue weighted by Crippen LogP contribution is -2.58. The number of carbonyl (C=O) groups is 3. The van der Waals surface area contributed by atoms with Gasteiger partial charge in [0.05, 0.1) is 0 Å². The Morgan fingerprint density at radius 1 is 0.844 bits per heavy atom. The predicted octanol–water partition coefficient (Wildman–Crippen LogP) is -0.780. The molecule has 180 valence electrons. The summed E-state index contributed by atoms with van der Waals surface area (Å²) in [6.07, 6.45) is 4.13. The molecule has 4 aliphatic rings. The molecule has 0 N–H and O–H groups in total. The summed E-state index contributed by atoms with van der Waals surface area (Å²) >= 11 is 0. The normalized spacial score (nSPS) is 26.4. The van der Waals surface area contributed by atoms with Gasteiger partial charge in [0.25, 0.3) is 16.1 Å². The van der Waals surface area contributed by atoms with Crippen LogP contribution in [0.15, 0.2) is 0 Å². The van der Waals surface area contributed by atoms with Gasteiger partial charge in [-0.1, -0.05) is 19.3 Å². The van der Waals surface area contributed by atoms with Gasteiger partial charge in [0, 0.05) is 59.4 Å². The fourth-order valence-corrected chi connectivity index (χ4v) is 6.83. The van der Waals surface area contributed by atoms with Crippen molar-refractivity contribution in [2.45, 2.75) is 37.6 Å². The highest BCUT2D eigenvalue weighted by atomic mass is 32.2. The third-order valence-electron chi connectivity index (χ3n) is 7.48. The van der Waals surface area contributed by atoms with Gasteiger partial charge in [-0.05, 0) is 19.9 Å². The second-order valence-corrected chi connectivity index (χ2v) is 11.2. The summed E-state index contributed by atoms with van der Waals surface area (Å²) in [7, 11) is 0.0743. The number of nitrogens with zero attached hydrogens (tertiary/aromatic N) is 6. The minimum absolute atomic E-state index is 0.214. The van der Waals surface area contributed by atoms with Crippen LogP contribution < -0.4 is 0 Å². The van der Waals surface area contributed by atoms with Gasteiger partial charge in [0.15, 0.2) is 0 Å². The first kappa shape index (κ1) is 23.4. The molecule has 4 rings (SSSR count). The molecule has 32 heavy (non-hydrogen) atoms. The summed E-state index contributed by atoms with van der Waals surface area (Å²) in [5.41, 5.74) is -0.801. The fourth-order valence-electron chi connectivity index (χ4n) is 5.26. The lowest BCUT2D eigenvalue weighted by atomic mass is 9.81. The standard InChI is InChI=1S/C20H34N6O5S/c1-21-8-12-24(13-9-21)32(30,31)25-14-10-23(11-15-25)17(27)16-26-18(28)20(22(2)19(26)29)6-4-3-5-7-20/h3-16H2,1-2H3. The van der Waals surface area contributed by atoms with E-state index in [0.29, 0.717) is 39.0 Å². The van der Waals surface area contributed by atoms with Crippen LogP contribution >= 0.6 is 0 Å². The summed E-state index contributed by atoms with van der Waals surface area (Å²) in [4.78, 5) is 45.0. The maximum absolute atomic E-state index is 13.1. The van der Waals surface area contributed by atoms with Gasteiger partial charge in [0.2, 0.25) is 5.91 Å². The van der Waals surface area contributed by atoms with E-state index in [0.717, 1.165) is 24.2 Å². The smallest absolute Gasteiger partial charge is 0.327 e. The molecule has 12 heteroatoms. The van der Waals surface area contributed by atoms with Crippen molar-refractivity contribution in [2.24, 2.45) is 0 Å². The molecule has 3 heterocycles. The van der Waals surface area contributed by atoms with Crippen LogP contribution in [0, 0.1) is 0 Å². The zero-order valence-corrected chi connectivity index (χ0v) is 19.8. The lowest BCUT2D eigenvalue weighted by Gasteiger charge is -2.39. The maximum atomic E-state index is 13.1. The minimum atomic E-state index is -3.55. The number of piperazine rings is 2. The molecule has 0 aromatic carbocycles. The molecule has 1 saturated carbocycles. The number of imide groups is 1. The first-order chi connectivity index (χ1) is 15.2. The van der Waals surface area contributed by atoms with Gasteiger partial charge in [-0.2, -0.15) is 17.0 Å². The third kappa shape index (κ3) is 4.02. The van der Waals surface area contributed by atoms with E-state index >= 15 is 0 Å². The van der Waals surface area contributed by atoms with E-state index in [1.165, 1.54) is 13.5 Å². The Labute approximate surface area is 190 Å². The van der Waals surface area contributed by atoms with Crippen LogP contribution in [0.4, 0.5) is 4.79 Å². The van der Waals surface area contributed by atoms with E-state index in [1.54, 1.807) is 11.9 Å². The van der Waals surface area contributed by atoms with Gasteiger partial charge < -0.3 is 14.7 Å². The lowest BCUT2D eigenvalue weighted by molar-refractivity contribution is -0.141. The van der Waals surface area contributed by atoms with Crippen molar-refractivity contribution >= 4 is 28.1 Å². The molecule has 4 amide bonds. The Balaban J connectivity index is 1.34. The topological polar surface area (TPSA) is 105 Å². The minimum Gasteiger partial charge on any atom is -0.338 e. The van der Waals surface area contributed by atoms with Gasteiger partial charge in [-0.25, -0.2) is 4.79 Å². The van der Waals surface area contributed by atoms with Gasteiger partial charge in [-0.15, -0.1) is 0 Å². The molecule has 4 fully saturated rings. The number of amides is 4. The van der Waals surface area contributed by atoms with Crippen LogP contribution in [-0.2, 0) is 19.8 Å². The van der Waals surface area contributed by atoms with Crippen LogP contribution in [0.3, 0.4) is 0 Å². The van der Waals surface area contributed by atoms with Crippen LogP contribution in [0.5, 0.6) is 0 Å². The van der Waals surface area contributed by atoms with Crippen molar-refractivity contribution in [2.75, 3.05) is 73.0 Å². The molecule has 0 radical (unpaired) electrons. The van der Waals surface area contributed by atoms with Crippen molar-refractivity contribution in [3.63, 3.8) is 0 Å². The van der Waals surface area contributed by atoms with Gasteiger partial charge >= 0.3 is 6.03 Å². The number of rotatable bonds is 4. The summed E-state index contributed by atoms with van der Waals surface area (Å²) in [6.45, 7) is 2.98. The van der Waals surface area contributed by atoms with Crippen LogP contribution in [0.2, 0.25) is 0 Å². The molecule has 0 aromatic heterocycles. The van der Waals surface area contributed by atoms with Gasteiger partial charge in [0.1, 0.15) is 12.1 Å². The average Bonchev–Trinajstić information content (AvgIpc) is 2.96. The number of carbonyl (C=O) groups excluding carboxylic acids is 3. The van der Waals surface area contributed by atoms with Crippen LogP contribution in [0.1, 0.15) is 32.1 Å². The largest absolute Gasteiger partial charge is 0.338 e. The van der Waals surface area contributed by atoms with E-state index in [4.69, 9.17) is 0 Å². The number of hydrogen-bond acceptors (Lipinski definition) is 6. The fraction of sp³-hybridized carbons (Fsp3) is 0.850. The number of urea groups is 1. The monoisotopic (exact) mass is 470 g/mol. The molecule has 11 nitrogen and oxygen atoms in total. The Hall–Kier alpha value is -1.76. The number of likely N-dealkylation sites (N-methyl/N-ethyl adjacent to an activating group) is 2.